The fraction of sp³-hybridized carbons (Fsp3) is 0.125. The van der Waals surface area contributed by atoms with Gasteiger partial charge in [0.2, 0.25) is 0 Å². The average Bonchev–Trinajstić information content (AvgIpc) is 2.43. The van der Waals surface area contributed by atoms with Gasteiger partial charge in [0.1, 0.15) is 7.05 Å². The lowest BCUT2D eigenvalue weighted by molar-refractivity contribution is -0.671. The molecule has 0 fully saturated rings. The molecule has 0 spiro atoms. The van der Waals surface area contributed by atoms with Crippen molar-refractivity contribution in [2.75, 3.05) is 0 Å². The van der Waals surface area contributed by atoms with E-state index in [1.807, 2.05) is 66.5 Å². The van der Waals surface area contributed by atoms with Crippen LogP contribution >= 0.6 is 0 Å². The zero-order valence-corrected chi connectivity index (χ0v) is 10.8. The first-order valence-electron chi connectivity index (χ1n) is 6.09. The molecule has 2 rings (SSSR count). The van der Waals surface area contributed by atoms with Crippen molar-refractivity contribution < 1.29 is 14.1 Å². The number of rotatable bonds is 4. The third-order valence-electron chi connectivity index (χ3n) is 2.66. The molecule has 0 aliphatic rings. The van der Waals surface area contributed by atoms with E-state index in [-0.39, 0.29) is 12.4 Å². The first-order chi connectivity index (χ1) is 9.24. The standard InChI is InChI=1S/C16H16NO2/c1-17-10-7-15(8-11-17)13-16(18)19-12-9-14-5-3-2-4-6-14/h2-12H,13H2,1H3/q+1/b12-9+. The Kier molecular flexibility index (Phi) is 4.45. The predicted octanol–water partition coefficient (Wildman–Crippen LogP) is 2.27. The van der Waals surface area contributed by atoms with E-state index in [0.717, 1.165) is 11.1 Å². The molecule has 1 aromatic carbocycles. The Labute approximate surface area is 112 Å². The summed E-state index contributed by atoms with van der Waals surface area (Å²) in [7, 11) is 1.94. The Balaban J connectivity index is 1.85. The Morgan fingerprint density at radius 2 is 1.84 bits per heavy atom. The second kappa shape index (κ2) is 6.50. The van der Waals surface area contributed by atoms with Crippen LogP contribution in [0.5, 0.6) is 0 Å². The molecule has 1 heterocycles. The zero-order valence-electron chi connectivity index (χ0n) is 10.8. The van der Waals surface area contributed by atoms with Crippen molar-refractivity contribution in [1.29, 1.82) is 0 Å². The largest absolute Gasteiger partial charge is 0.434 e. The van der Waals surface area contributed by atoms with Crippen molar-refractivity contribution in [1.82, 2.24) is 0 Å². The number of aromatic nitrogens is 1. The smallest absolute Gasteiger partial charge is 0.315 e. The molecule has 0 unspecified atom stereocenters. The number of carbonyl (C=O) groups is 1. The van der Waals surface area contributed by atoms with Crippen molar-refractivity contribution in [3.05, 3.63) is 72.2 Å². The van der Waals surface area contributed by atoms with Crippen LogP contribution in [0.1, 0.15) is 11.1 Å². The number of ether oxygens (including phenoxy) is 1. The summed E-state index contributed by atoms with van der Waals surface area (Å²) >= 11 is 0. The van der Waals surface area contributed by atoms with Gasteiger partial charge >= 0.3 is 5.97 Å². The summed E-state index contributed by atoms with van der Waals surface area (Å²) in [6, 6.07) is 13.5. The molecule has 0 atom stereocenters. The molecule has 1 aromatic heterocycles. The number of hydrogen-bond donors (Lipinski definition) is 0. The quantitative estimate of drug-likeness (QED) is 0.476. The van der Waals surface area contributed by atoms with Gasteiger partial charge in [-0.15, -0.1) is 0 Å². The zero-order chi connectivity index (χ0) is 13.5. The molecule has 3 heteroatoms. The van der Waals surface area contributed by atoms with Gasteiger partial charge in [-0.25, -0.2) is 4.57 Å². The number of hydrogen-bond acceptors (Lipinski definition) is 2. The van der Waals surface area contributed by atoms with Crippen molar-refractivity contribution in [2.45, 2.75) is 6.42 Å². The lowest BCUT2D eigenvalue weighted by atomic mass is 10.2. The van der Waals surface area contributed by atoms with Crippen LogP contribution in [0.25, 0.3) is 6.08 Å². The van der Waals surface area contributed by atoms with Gasteiger partial charge in [-0.1, -0.05) is 30.3 Å². The highest BCUT2D eigenvalue weighted by Gasteiger charge is 2.04. The Morgan fingerprint density at radius 3 is 2.53 bits per heavy atom. The number of esters is 1. The third-order valence-corrected chi connectivity index (χ3v) is 2.66. The molecule has 0 radical (unpaired) electrons. The van der Waals surface area contributed by atoms with Gasteiger partial charge in [0.05, 0.1) is 12.7 Å². The molecule has 96 valence electrons. The average molecular weight is 254 g/mol. The highest BCUT2D eigenvalue weighted by atomic mass is 16.5. The Bertz CT molecular complexity index is 559. The van der Waals surface area contributed by atoms with E-state index in [1.165, 1.54) is 6.26 Å². The van der Waals surface area contributed by atoms with Crippen LogP contribution in [0.2, 0.25) is 0 Å². The van der Waals surface area contributed by atoms with Crippen molar-refractivity contribution in [3.63, 3.8) is 0 Å². The van der Waals surface area contributed by atoms with Crippen LogP contribution in [0.15, 0.2) is 61.1 Å². The van der Waals surface area contributed by atoms with Crippen molar-refractivity contribution >= 4 is 12.0 Å². The van der Waals surface area contributed by atoms with Crippen LogP contribution < -0.4 is 4.57 Å². The normalized spacial score (nSPS) is 10.6. The van der Waals surface area contributed by atoms with E-state index < -0.39 is 0 Å². The van der Waals surface area contributed by atoms with E-state index in [2.05, 4.69) is 0 Å². The van der Waals surface area contributed by atoms with Crippen LogP contribution in [-0.2, 0) is 23.0 Å². The lowest BCUT2D eigenvalue weighted by Gasteiger charge is -1.99. The molecule has 2 aromatic rings. The van der Waals surface area contributed by atoms with Gasteiger partial charge in [-0.05, 0) is 17.2 Å². The van der Waals surface area contributed by atoms with E-state index in [0.29, 0.717) is 0 Å². The summed E-state index contributed by atoms with van der Waals surface area (Å²) in [6.45, 7) is 0. The highest BCUT2D eigenvalue weighted by Crippen LogP contribution is 2.02. The predicted molar refractivity (Wildman–Crippen MR) is 72.9 cm³/mol. The molecular weight excluding hydrogens is 238 g/mol. The van der Waals surface area contributed by atoms with Crippen LogP contribution in [0.3, 0.4) is 0 Å². The number of benzene rings is 1. The van der Waals surface area contributed by atoms with Crippen LogP contribution in [0.4, 0.5) is 0 Å². The molecule has 19 heavy (non-hydrogen) atoms. The molecule has 3 nitrogen and oxygen atoms in total. The molecule has 0 N–H and O–H groups in total. The Hall–Kier alpha value is -2.42. The number of carbonyl (C=O) groups excluding carboxylic acids is 1. The SMILES string of the molecule is C[n+]1ccc(CC(=O)O/C=C/c2ccccc2)cc1. The van der Waals surface area contributed by atoms with Gasteiger partial charge < -0.3 is 4.74 Å². The minimum absolute atomic E-state index is 0.263. The first kappa shape index (κ1) is 13.0. The van der Waals surface area contributed by atoms with Gasteiger partial charge in [0.15, 0.2) is 12.4 Å². The molecule has 0 saturated carbocycles. The second-order valence-corrected chi connectivity index (χ2v) is 4.25. The maximum absolute atomic E-state index is 11.6. The van der Waals surface area contributed by atoms with E-state index in [4.69, 9.17) is 4.74 Å². The van der Waals surface area contributed by atoms with Gasteiger partial charge in [0, 0.05) is 12.1 Å². The fourth-order valence-electron chi connectivity index (χ4n) is 1.61. The summed E-state index contributed by atoms with van der Waals surface area (Å²) in [5.74, 6) is -0.263. The minimum atomic E-state index is -0.263. The lowest BCUT2D eigenvalue weighted by Crippen LogP contribution is -2.26. The molecule has 0 aliphatic carbocycles. The summed E-state index contributed by atoms with van der Waals surface area (Å²) in [5.41, 5.74) is 1.94. The Morgan fingerprint density at radius 1 is 1.16 bits per heavy atom. The van der Waals surface area contributed by atoms with Crippen molar-refractivity contribution in [2.24, 2.45) is 7.05 Å². The highest BCUT2D eigenvalue weighted by molar-refractivity contribution is 5.73. The van der Waals surface area contributed by atoms with E-state index in [9.17, 15) is 4.79 Å². The topological polar surface area (TPSA) is 30.2 Å². The van der Waals surface area contributed by atoms with Gasteiger partial charge in [-0.3, -0.25) is 4.79 Å². The number of pyridine rings is 1. The van der Waals surface area contributed by atoms with E-state index >= 15 is 0 Å². The second-order valence-electron chi connectivity index (χ2n) is 4.25. The summed E-state index contributed by atoms with van der Waals surface area (Å²) in [4.78, 5) is 11.6. The summed E-state index contributed by atoms with van der Waals surface area (Å²) in [6.07, 6.45) is 7.29. The molecule has 0 bridgehead atoms. The monoisotopic (exact) mass is 254 g/mol. The fourth-order valence-corrected chi connectivity index (χ4v) is 1.61. The maximum Gasteiger partial charge on any atom is 0.315 e. The van der Waals surface area contributed by atoms with Gasteiger partial charge in [-0.2, -0.15) is 0 Å². The minimum Gasteiger partial charge on any atom is -0.434 e. The number of aryl methyl sites for hydroxylation is 1. The van der Waals surface area contributed by atoms with E-state index in [1.54, 1.807) is 6.08 Å². The molecule has 0 aliphatic heterocycles. The molecule has 0 amide bonds. The van der Waals surface area contributed by atoms with Gasteiger partial charge in [0.25, 0.3) is 0 Å². The van der Waals surface area contributed by atoms with Crippen LogP contribution in [0, 0.1) is 0 Å². The summed E-state index contributed by atoms with van der Waals surface area (Å²) < 4.78 is 6.97. The molecule has 0 saturated heterocycles. The molecular formula is C16H16NO2+. The summed E-state index contributed by atoms with van der Waals surface area (Å²) in [5, 5.41) is 0. The van der Waals surface area contributed by atoms with Crippen LogP contribution in [-0.4, -0.2) is 5.97 Å². The van der Waals surface area contributed by atoms with Crippen molar-refractivity contribution in [3.8, 4) is 0 Å². The maximum atomic E-state index is 11.6. The first-order valence-corrected chi connectivity index (χ1v) is 6.09. The number of nitrogens with zero attached hydrogens (tertiary/aromatic N) is 1. The third kappa shape index (κ3) is 4.39.